The number of hydrogen-bond acceptors (Lipinski definition) is 2. The molecule has 0 spiro atoms. The van der Waals surface area contributed by atoms with Crippen LogP contribution in [-0.4, -0.2) is 8.07 Å². The Bertz CT molecular complexity index is 3190. The second kappa shape index (κ2) is 15.6. The van der Waals surface area contributed by atoms with E-state index in [0.717, 1.165) is 49.1 Å². The lowest BCUT2D eigenvalue weighted by atomic mass is 9.74. The Balaban J connectivity index is 1.29. The fraction of sp³-hybridized carbons (Fsp3) is 0.226. The van der Waals surface area contributed by atoms with Gasteiger partial charge in [0.25, 0.3) is 0 Å². The highest BCUT2D eigenvalue weighted by Gasteiger charge is 2.44. The molecule has 1 nitrogen and oxygen atoms in total. The Kier molecular flexibility index (Phi) is 9.50. The maximum absolute atomic E-state index is 9.06. The highest BCUT2D eigenvalue weighted by molar-refractivity contribution is 7.99. The third-order valence-corrected chi connectivity index (χ3v) is 20.1. The summed E-state index contributed by atoms with van der Waals surface area (Å²) in [4.78, 5) is 2.00. The highest BCUT2D eigenvalue weighted by atomic mass is 32.2. The summed E-state index contributed by atoms with van der Waals surface area (Å²) in [6.45, 7) is 18.0. The maximum atomic E-state index is 9.06. The van der Waals surface area contributed by atoms with E-state index in [1.807, 2.05) is 31.2 Å². The van der Waals surface area contributed by atoms with Gasteiger partial charge in [0.1, 0.15) is 11.5 Å². The first kappa shape index (κ1) is 39.5. The smallest absolute Gasteiger partial charge is 0.179 e. The van der Waals surface area contributed by atoms with Crippen molar-refractivity contribution in [2.45, 2.75) is 101 Å². The molecule has 2 aliphatic heterocycles. The minimum absolute atomic E-state index is 0.185. The van der Waals surface area contributed by atoms with E-state index in [1.54, 1.807) is 11.8 Å². The molecule has 0 amide bonds. The van der Waals surface area contributed by atoms with Crippen molar-refractivity contribution in [3.63, 3.8) is 0 Å². The number of para-hydroxylation sites is 2. The molecule has 0 fully saturated rings. The van der Waals surface area contributed by atoms with Crippen molar-refractivity contribution in [3.8, 4) is 33.8 Å². The van der Waals surface area contributed by atoms with Gasteiger partial charge in [0.15, 0.2) is 8.07 Å². The Morgan fingerprint density at radius 2 is 0.938 bits per heavy atom. The van der Waals surface area contributed by atoms with E-state index in [0.29, 0.717) is 0 Å². The van der Waals surface area contributed by atoms with Crippen LogP contribution in [0.5, 0.6) is 11.5 Å². The fourth-order valence-corrected chi connectivity index (χ4v) is 17.0. The number of fused-ring (bicyclic) bond motifs is 4. The molecule has 1 atom stereocenters. The summed E-state index contributed by atoms with van der Waals surface area (Å²) in [5.41, 5.74) is 9.12. The van der Waals surface area contributed by atoms with E-state index in [9.17, 15) is 0 Å². The minimum Gasteiger partial charge on any atom is -0.456 e. The molecule has 1 unspecified atom stereocenters. The summed E-state index contributed by atoms with van der Waals surface area (Å²) in [6, 6.07) is 66.5. The number of hydrogen-bond donors (Lipinski definition) is 0. The van der Waals surface area contributed by atoms with Crippen molar-refractivity contribution < 1.29 is 8.85 Å². The van der Waals surface area contributed by atoms with Crippen LogP contribution >= 0.6 is 11.8 Å². The van der Waals surface area contributed by atoms with E-state index in [1.165, 1.54) is 48.6 Å². The lowest BCUT2D eigenvalue weighted by Gasteiger charge is -2.38. The van der Waals surface area contributed by atoms with Crippen LogP contribution < -0.4 is 25.5 Å². The largest absolute Gasteiger partial charge is 0.456 e. The molecule has 65 heavy (non-hydrogen) atoms. The first-order chi connectivity index (χ1) is 32.3. The lowest BCUT2D eigenvalue weighted by molar-refractivity contribution is 0.419. The molecule has 8 aromatic carbocycles. The Labute approximate surface area is 397 Å². The van der Waals surface area contributed by atoms with E-state index < -0.39 is 20.3 Å². The number of rotatable bonds is 6. The zero-order chi connectivity index (χ0) is 48.0. The van der Waals surface area contributed by atoms with Gasteiger partial charge in [-0.25, -0.2) is 0 Å². The molecule has 324 valence electrons. The van der Waals surface area contributed by atoms with Gasteiger partial charge < -0.3 is 4.74 Å². The predicted molar refractivity (Wildman–Crippen MR) is 280 cm³/mol. The molecular formula is C62H60OSSi. The van der Waals surface area contributed by atoms with Crippen molar-refractivity contribution in [2.24, 2.45) is 0 Å². The van der Waals surface area contributed by atoms with Crippen LogP contribution in [0, 0.1) is 0 Å². The molecule has 0 aliphatic carbocycles. The van der Waals surface area contributed by atoms with Gasteiger partial charge in [-0.1, -0.05) is 251 Å². The van der Waals surface area contributed by atoms with Crippen molar-refractivity contribution in [2.75, 3.05) is 0 Å². The zero-order valence-electron chi connectivity index (χ0n) is 42.1. The van der Waals surface area contributed by atoms with Gasteiger partial charge in [0, 0.05) is 41.4 Å². The first-order valence-electron chi connectivity index (χ1n) is 24.5. The summed E-state index contributed by atoms with van der Waals surface area (Å²) < 4.78 is 34.2. The van der Waals surface area contributed by atoms with Gasteiger partial charge in [0.05, 0.1) is 0 Å². The van der Waals surface area contributed by atoms with Gasteiger partial charge in [-0.2, -0.15) is 0 Å². The highest BCUT2D eigenvalue weighted by Crippen LogP contribution is 2.54. The van der Waals surface area contributed by atoms with Crippen molar-refractivity contribution in [1.82, 2.24) is 0 Å². The molecule has 10 rings (SSSR count). The molecule has 8 aromatic rings. The second-order valence-corrected chi connectivity index (χ2v) is 25.7. The normalized spacial score (nSPS) is 17.3. The van der Waals surface area contributed by atoms with Crippen molar-refractivity contribution >= 4 is 40.6 Å². The summed E-state index contributed by atoms with van der Waals surface area (Å²) in [7, 11) is -3.20. The van der Waals surface area contributed by atoms with Crippen LogP contribution in [0.3, 0.4) is 0 Å². The molecule has 0 saturated carbocycles. The molecule has 0 radical (unpaired) electrons. The van der Waals surface area contributed by atoms with Crippen LogP contribution in [-0.2, 0) is 21.7 Å². The standard InChI is InChI=1S/C62H60OSSi/c1-59(2,3)49-37-35-43(39-47(49)45-27-21-31-53-57(45)63-55-33-19-17-29-51(55)61(53,7)8)65(41-23-13-11-14-24-41,42-25-15-12-16-26-42)44-36-38-50(60(4,5)6)48(40-44)46-28-22-32-54-58(46)64-56-34-20-18-30-52(56)62(54,9)10/h11-40H,1-10H3/i9D3. The SMILES string of the molecule is [2H]C([2H])([2H])C1(C)c2ccccc2Sc2c(-c3cc([Si](c4ccccc4)(c4ccccc4)c4ccc(C(C)(C)C)c(-c5cccc6c5Oc5ccccc5C6(C)C)c4)ccc3C(C)(C)C)cccc21. The van der Waals surface area contributed by atoms with Gasteiger partial charge in [-0.05, 0) is 82.7 Å². The average Bonchev–Trinajstić information content (AvgIpc) is 3.31. The summed E-state index contributed by atoms with van der Waals surface area (Å²) in [6.07, 6.45) is 0. The van der Waals surface area contributed by atoms with Crippen molar-refractivity contribution in [1.29, 1.82) is 0 Å². The number of ether oxygens (including phenoxy) is 1. The molecule has 2 aliphatic rings. The molecule has 3 heteroatoms. The Morgan fingerprint density at radius 1 is 0.446 bits per heavy atom. The van der Waals surface area contributed by atoms with Gasteiger partial charge in [-0.3, -0.25) is 0 Å². The third kappa shape index (κ3) is 6.97. The summed E-state index contributed by atoms with van der Waals surface area (Å²) in [5, 5.41) is 5.09. The Hall–Kier alpha value is -5.87. The molecule has 0 N–H and O–H groups in total. The minimum atomic E-state index is -3.20. The maximum Gasteiger partial charge on any atom is 0.179 e. The van der Waals surface area contributed by atoms with Gasteiger partial charge in [0.2, 0.25) is 0 Å². The van der Waals surface area contributed by atoms with Gasteiger partial charge >= 0.3 is 0 Å². The average molecular weight is 884 g/mol. The van der Waals surface area contributed by atoms with Crippen molar-refractivity contribution in [3.05, 3.63) is 215 Å². The molecule has 0 saturated heterocycles. The van der Waals surface area contributed by atoms with E-state index >= 15 is 0 Å². The van der Waals surface area contributed by atoms with E-state index in [2.05, 4.69) is 213 Å². The quantitative estimate of drug-likeness (QED) is 0.122. The molecular weight excluding hydrogens is 821 g/mol. The van der Waals surface area contributed by atoms with Crippen LogP contribution in [0.4, 0.5) is 0 Å². The topological polar surface area (TPSA) is 9.23 Å². The van der Waals surface area contributed by atoms with E-state index in [4.69, 9.17) is 8.85 Å². The molecule has 0 aromatic heterocycles. The van der Waals surface area contributed by atoms with Crippen LogP contribution in [0.15, 0.2) is 192 Å². The molecule has 0 bridgehead atoms. The lowest BCUT2D eigenvalue weighted by Crippen LogP contribution is -2.74. The van der Waals surface area contributed by atoms with Crippen LogP contribution in [0.2, 0.25) is 0 Å². The van der Waals surface area contributed by atoms with Crippen LogP contribution in [0.1, 0.15) is 107 Å². The zero-order valence-corrected chi connectivity index (χ0v) is 41.0. The van der Waals surface area contributed by atoms with Crippen LogP contribution in [0.25, 0.3) is 22.3 Å². The Morgan fingerprint density at radius 3 is 1.52 bits per heavy atom. The third-order valence-electron chi connectivity index (χ3n) is 14.2. The summed E-state index contributed by atoms with van der Waals surface area (Å²) in [5.74, 6) is 1.82. The first-order valence-corrected chi connectivity index (χ1v) is 25.8. The predicted octanol–water partition coefficient (Wildman–Crippen LogP) is 14.2. The van der Waals surface area contributed by atoms with Gasteiger partial charge in [-0.15, -0.1) is 0 Å². The monoisotopic (exact) mass is 883 g/mol. The number of benzene rings is 8. The second-order valence-electron chi connectivity index (χ2n) is 20.8. The fourth-order valence-electron chi connectivity index (χ4n) is 10.8. The summed E-state index contributed by atoms with van der Waals surface area (Å²) >= 11 is 1.70. The molecule has 2 heterocycles. The van der Waals surface area contributed by atoms with E-state index in [-0.39, 0.29) is 16.2 Å².